The van der Waals surface area contributed by atoms with Crippen molar-refractivity contribution in [2.24, 2.45) is 5.92 Å². The number of imide groups is 1. The summed E-state index contributed by atoms with van der Waals surface area (Å²) >= 11 is 0. The molecule has 0 aliphatic carbocycles. The largest absolute Gasteiger partial charge is 0.274 e. The molecule has 38 heavy (non-hydrogen) atoms. The van der Waals surface area contributed by atoms with E-state index in [1.54, 1.807) is 24.3 Å². The van der Waals surface area contributed by atoms with Crippen molar-refractivity contribution in [3.05, 3.63) is 35.4 Å². The Morgan fingerprint density at radius 3 is 1.71 bits per heavy atom. The quantitative estimate of drug-likeness (QED) is 0.0884. The molecular formula is C31H51NO5S. The number of fused-ring (bicyclic) bond motifs is 1. The Labute approximate surface area is 232 Å². The molecule has 0 radical (unpaired) electrons. The molecule has 0 aromatic heterocycles. The summed E-state index contributed by atoms with van der Waals surface area (Å²) in [5.74, 6) is -0.0894. The van der Waals surface area contributed by atoms with Crippen LogP contribution in [0.2, 0.25) is 0 Å². The maximum atomic E-state index is 12.5. The van der Waals surface area contributed by atoms with Crippen LogP contribution in [0, 0.1) is 5.92 Å². The first kappa shape index (κ1) is 32.5. The van der Waals surface area contributed by atoms with E-state index in [1.807, 2.05) is 0 Å². The monoisotopic (exact) mass is 549 g/mol. The summed E-state index contributed by atoms with van der Waals surface area (Å²) in [5, 5.41) is 0. The van der Waals surface area contributed by atoms with Crippen molar-refractivity contribution < 1.29 is 22.2 Å². The predicted octanol–water partition coefficient (Wildman–Crippen LogP) is 7.92. The van der Waals surface area contributed by atoms with Crippen molar-refractivity contribution in [1.29, 1.82) is 0 Å². The highest BCUT2D eigenvalue weighted by Crippen LogP contribution is 2.41. The normalized spacial score (nSPS) is 14.8. The molecule has 2 rings (SSSR count). The Balaban J connectivity index is 1.84. The highest BCUT2D eigenvalue weighted by molar-refractivity contribution is 7.86. The lowest BCUT2D eigenvalue weighted by molar-refractivity contribution is -0.0144. The second kappa shape index (κ2) is 16.4. The van der Waals surface area contributed by atoms with Gasteiger partial charge in [-0.1, -0.05) is 104 Å². The van der Waals surface area contributed by atoms with Crippen molar-refractivity contribution in [3.8, 4) is 0 Å². The summed E-state index contributed by atoms with van der Waals surface area (Å²) in [6.45, 7) is 6.97. The number of benzene rings is 1. The fourth-order valence-electron chi connectivity index (χ4n) is 5.87. The zero-order valence-corrected chi connectivity index (χ0v) is 25.1. The number of hydrogen-bond donors (Lipinski definition) is 0. The third-order valence-electron chi connectivity index (χ3n) is 7.94. The van der Waals surface area contributed by atoms with Crippen LogP contribution in [0.25, 0.3) is 0 Å². The Bertz CT molecular complexity index is 931. The van der Waals surface area contributed by atoms with Crippen molar-refractivity contribution >= 4 is 21.9 Å². The van der Waals surface area contributed by atoms with E-state index in [2.05, 4.69) is 20.8 Å². The number of nitrogens with zero attached hydrogens (tertiary/aromatic N) is 1. The molecule has 1 heterocycles. The van der Waals surface area contributed by atoms with Gasteiger partial charge in [0.15, 0.2) is 0 Å². The van der Waals surface area contributed by atoms with Crippen LogP contribution in [0.15, 0.2) is 24.3 Å². The smallest absolute Gasteiger partial charge is 0.264 e. The van der Waals surface area contributed by atoms with Crippen molar-refractivity contribution in [2.75, 3.05) is 12.8 Å². The van der Waals surface area contributed by atoms with E-state index in [9.17, 15) is 18.0 Å². The van der Waals surface area contributed by atoms with E-state index >= 15 is 0 Å². The number of unbranched alkanes of at least 4 members (excludes halogenated alkanes) is 8. The van der Waals surface area contributed by atoms with Crippen LogP contribution in [-0.2, 0) is 14.3 Å². The van der Waals surface area contributed by atoms with E-state index < -0.39 is 15.7 Å². The summed E-state index contributed by atoms with van der Waals surface area (Å²) in [4.78, 5) is 26.4. The van der Waals surface area contributed by atoms with Gasteiger partial charge < -0.3 is 0 Å². The van der Waals surface area contributed by atoms with Gasteiger partial charge in [0.2, 0.25) is 0 Å². The van der Waals surface area contributed by atoms with E-state index in [4.69, 9.17) is 4.18 Å². The van der Waals surface area contributed by atoms with Crippen LogP contribution in [0.5, 0.6) is 0 Å². The third-order valence-corrected chi connectivity index (χ3v) is 8.57. The fourth-order valence-corrected chi connectivity index (χ4v) is 6.77. The molecule has 1 atom stereocenters. The summed E-state index contributed by atoms with van der Waals surface area (Å²) in [6, 6.07) is 7.05. The standard InChI is InChI=1S/C31H51NO5S/c1-5-8-19-26(31(23-9-6-2,24-10-7-3)37-38(4,35)36)20-15-13-11-12-14-18-25-32-29(33)27-21-16-17-22-28(27)30(32)34/h16-17,21-22,26H,5-15,18-20,23-25H2,1-4H3. The van der Waals surface area contributed by atoms with Gasteiger partial charge in [-0.2, -0.15) is 8.42 Å². The fraction of sp³-hybridized carbons (Fsp3) is 0.742. The molecule has 216 valence electrons. The average molecular weight is 550 g/mol. The van der Waals surface area contributed by atoms with E-state index in [1.165, 1.54) is 11.2 Å². The van der Waals surface area contributed by atoms with Gasteiger partial charge in [-0.05, 0) is 50.2 Å². The molecule has 7 heteroatoms. The minimum absolute atomic E-state index is 0.172. The minimum atomic E-state index is -3.54. The van der Waals surface area contributed by atoms with Crippen LogP contribution >= 0.6 is 0 Å². The molecular weight excluding hydrogens is 498 g/mol. The molecule has 0 bridgehead atoms. The zero-order valence-electron chi connectivity index (χ0n) is 24.3. The highest BCUT2D eigenvalue weighted by Gasteiger charge is 2.41. The maximum Gasteiger partial charge on any atom is 0.264 e. The van der Waals surface area contributed by atoms with Crippen LogP contribution in [0.1, 0.15) is 144 Å². The summed E-state index contributed by atoms with van der Waals surface area (Å²) in [7, 11) is -3.54. The maximum absolute atomic E-state index is 12.5. The number of hydrogen-bond acceptors (Lipinski definition) is 5. The number of amides is 2. The van der Waals surface area contributed by atoms with Gasteiger partial charge >= 0.3 is 0 Å². The molecule has 0 saturated carbocycles. The van der Waals surface area contributed by atoms with Crippen LogP contribution in [0.3, 0.4) is 0 Å². The van der Waals surface area contributed by atoms with Gasteiger partial charge in [-0.15, -0.1) is 0 Å². The second-order valence-electron chi connectivity index (χ2n) is 11.1. The molecule has 1 aliphatic heterocycles. The molecule has 1 aromatic carbocycles. The van der Waals surface area contributed by atoms with E-state index in [0.29, 0.717) is 17.7 Å². The van der Waals surface area contributed by atoms with Crippen molar-refractivity contribution in [1.82, 2.24) is 4.90 Å². The molecule has 0 fully saturated rings. The molecule has 0 N–H and O–H groups in total. The Kier molecular flexibility index (Phi) is 14.0. The molecule has 0 spiro atoms. The van der Waals surface area contributed by atoms with Crippen molar-refractivity contribution in [2.45, 2.75) is 129 Å². The number of rotatable bonds is 21. The third kappa shape index (κ3) is 9.78. The van der Waals surface area contributed by atoms with Gasteiger partial charge in [0.1, 0.15) is 0 Å². The van der Waals surface area contributed by atoms with Gasteiger partial charge in [0.05, 0.1) is 23.0 Å². The molecule has 1 aromatic rings. The van der Waals surface area contributed by atoms with Crippen LogP contribution in [0.4, 0.5) is 0 Å². The lowest BCUT2D eigenvalue weighted by Crippen LogP contribution is -2.43. The average Bonchev–Trinajstić information content (AvgIpc) is 3.13. The van der Waals surface area contributed by atoms with E-state index in [0.717, 1.165) is 103 Å². The topological polar surface area (TPSA) is 80.8 Å². The molecule has 2 amide bonds. The Morgan fingerprint density at radius 2 is 1.21 bits per heavy atom. The van der Waals surface area contributed by atoms with Crippen LogP contribution in [-0.4, -0.2) is 43.5 Å². The zero-order chi connectivity index (χ0) is 28.0. The van der Waals surface area contributed by atoms with Gasteiger partial charge in [-0.25, -0.2) is 0 Å². The molecule has 6 nitrogen and oxygen atoms in total. The second-order valence-corrected chi connectivity index (χ2v) is 12.7. The Hall–Kier alpha value is -1.73. The van der Waals surface area contributed by atoms with Crippen LogP contribution < -0.4 is 0 Å². The summed E-state index contributed by atoms with van der Waals surface area (Å²) in [6.07, 6.45) is 17.2. The predicted molar refractivity (Wildman–Crippen MR) is 155 cm³/mol. The first-order chi connectivity index (χ1) is 18.2. The summed E-state index contributed by atoms with van der Waals surface area (Å²) < 4.78 is 30.7. The lowest BCUT2D eigenvalue weighted by Gasteiger charge is -2.40. The summed E-state index contributed by atoms with van der Waals surface area (Å²) in [5.41, 5.74) is 0.453. The van der Waals surface area contributed by atoms with E-state index in [-0.39, 0.29) is 17.7 Å². The SMILES string of the molecule is CCCCC(CCCCCCCCN1C(=O)c2ccccc2C1=O)C(CCCC)(CCCC)OS(C)(=O)=O. The van der Waals surface area contributed by atoms with Crippen molar-refractivity contribution in [3.63, 3.8) is 0 Å². The lowest BCUT2D eigenvalue weighted by atomic mass is 9.74. The van der Waals surface area contributed by atoms with Gasteiger partial charge in [0, 0.05) is 6.54 Å². The Morgan fingerprint density at radius 1 is 0.737 bits per heavy atom. The first-order valence-electron chi connectivity index (χ1n) is 15.0. The minimum Gasteiger partial charge on any atom is -0.274 e. The van der Waals surface area contributed by atoms with Gasteiger partial charge in [0.25, 0.3) is 21.9 Å². The number of carbonyl (C=O) groups is 2. The molecule has 0 saturated heterocycles. The molecule has 1 aliphatic rings. The first-order valence-corrected chi connectivity index (χ1v) is 16.9. The highest BCUT2D eigenvalue weighted by atomic mass is 32.2. The van der Waals surface area contributed by atoms with Gasteiger partial charge in [-0.3, -0.25) is 18.7 Å². The molecule has 1 unspecified atom stereocenters. The number of carbonyl (C=O) groups excluding carboxylic acids is 2.